The van der Waals surface area contributed by atoms with Crippen molar-refractivity contribution in [2.24, 2.45) is 0 Å². The van der Waals surface area contributed by atoms with Crippen LogP contribution >= 0.6 is 0 Å². The van der Waals surface area contributed by atoms with E-state index in [9.17, 15) is 9.32 Å². The highest BCUT2D eigenvalue weighted by atomic mass is 32.2. The van der Waals surface area contributed by atoms with Crippen molar-refractivity contribution in [1.82, 2.24) is 0 Å². The summed E-state index contributed by atoms with van der Waals surface area (Å²) < 4.78 is 22.9. The minimum absolute atomic E-state index is 0.299. The number of hydrogen-bond donors (Lipinski definition) is 1. The summed E-state index contributed by atoms with van der Waals surface area (Å²) in [5.74, 6) is 0.299. The Balaban J connectivity index is 2.19. The van der Waals surface area contributed by atoms with Gasteiger partial charge in [0.05, 0.1) is 35.4 Å². The van der Waals surface area contributed by atoms with Crippen LogP contribution in [-0.2, 0) is 25.9 Å². The van der Waals surface area contributed by atoms with E-state index in [1.54, 1.807) is 26.0 Å². The van der Waals surface area contributed by atoms with Crippen molar-refractivity contribution in [2.45, 2.75) is 30.6 Å². The number of aliphatic hydroxyl groups is 1. The number of rotatable bonds is 4. The molecule has 0 aliphatic carbocycles. The fraction of sp³-hybridized carbons (Fsp3) is 0.538. The van der Waals surface area contributed by atoms with Gasteiger partial charge in [0.15, 0.2) is 6.29 Å². The largest absolute Gasteiger partial charge is 0.386 e. The highest BCUT2D eigenvalue weighted by molar-refractivity contribution is 7.85. The van der Waals surface area contributed by atoms with E-state index < -0.39 is 22.7 Å². The molecule has 0 spiro atoms. The third-order valence-electron chi connectivity index (χ3n) is 2.77. The first-order valence-corrected chi connectivity index (χ1v) is 7.24. The monoisotopic (exact) mass is 270 g/mol. The van der Waals surface area contributed by atoms with Gasteiger partial charge in [-0.25, -0.2) is 0 Å². The highest BCUT2D eigenvalue weighted by Crippen LogP contribution is 2.26. The normalized spacial score (nSPS) is 19.1. The fourth-order valence-electron chi connectivity index (χ4n) is 1.89. The van der Waals surface area contributed by atoms with Crippen molar-refractivity contribution in [3.8, 4) is 0 Å². The summed E-state index contributed by atoms with van der Waals surface area (Å²) in [7, 11) is -1.24. The smallest absolute Gasteiger partial charge is 0.169 e. The van der Waals surface area contributed by atoms with Crippen LogP contribution in [0.3, 0.4) is 0 Å². The molecule has 1 aliphatic heterocycles. The molecule has 5 heteroatoms. The molecule has 1 atom stereocenters. The molecule has 0 saturated carbocycles. The van der Waals surface area contributed by atoms with Gasteiger partial charge < -0.3 is 14.6 Å². The maximum absolute atomic E-state index is 12.3. The standard InChI is InChI=1S/C13H18O4S/c1-13(2,14)10-5-3-4-6-11(10)18(15)9-12-16-7-8-17-12/h3-6,12,14H,7-9H2,1-2H3. The van der Waals surface area contributed by atoms with Gasteiger partial charge >= 0.3 is 0 Å². The van der Waals surface area contributed by atoms with E-state index in [0.717, 1.165) is 0 Å². The summed E-state index contributed by atoms with van der Waals surface area (Å²) in [6.45, 7) is 4.47. The van der Waals surface area contributed by atoms with Crippen molar-refractivity contribution in [2.75, 3.05) is 19.0 Å². The summed E-state index contributed by atoms with van der Waals surface area (Å²) in [5.41, 5.74) is -0.328. The molecule has 1 unspecified atom stereocenters. The minimum atomic E-state index is -1.24. The molecule has 100 valence electrons. The van der Waals surface area contributed by atoms with E-state index >= 15 is 0 Å². The summed E-state index contributed by atoms with van der Waals surface area (Å²) in [6, 6.07) is 7.22. The molecular formula is C13H18O4S. The van der Waals surface area contributed by atoms with Crippen molar-refractivity contribution >= 4 is 10.8 Å². The van der Waals surface area contributed by atoms with E-state index in [4.69, 9.17) is 9.47 Å². The average molecular weight is 270 g/mol. The van der Waals surface area contributed by atoms with Crippen molar-refractivity contribution < 1.29 is 18.8 Å². The van der Waals surface area contributed by atoms with Gasteiger partial charge in [0.2, 0.25) is 0 Å². The average Bonchev–Trinajstić information content (AvgIpc) is 2.80. The van der Waals surface area contributed by atoms with E-state index in [1.807, 2.05) is 12.1 Å². The Labute approximate surface area is 109 Å². The van der Waals surface area contributed by atoms with Crippen molar-refractivity contribution in [3.05, 3.63) is 29.8 Å². The first-order valence-electron chi connectivity index (χ1n) is 5.92. The second kappa shape index (κ2) is 5.48. The minimum Gasteiger partial charge on any atom is -0.386 e. The molecule has 1 aliphatic rings. The molecule has 1 N–H and O–H groups in total. The zero-order valence-electron chi connectivity index (χ0n) is 10.6. The van der Waals surface area contributed by atoms with Crippen LogP contribution in [0, 0.1) is 0 Å². The van der Waals surface area contributed by atoms with Gasteiger partial charge in [-0.3, -0.25) is 4.21 Å². The Morgan fingerprint density at radius 3 is 2.56 bits per heavy atom. The number of hydrogen-bond acceptors (Lipinski definition) is 4. The molecule has 1 saturated heterocycles. The zero-order chi connectivity index (χ0) is 13.2. The molecule has 2 rings (SSSR count). The summed E-state index contributed by atoms with van der Waals surface area (Å²) in [4.78, 5) is 0.643. The highest BCUT2D eigenvalue weighted by Gasteiger charge is 2.25. The van der Waals surface area contributed by atoms with E-state index in [1.165, 1.54) is 0 Å². The molecular weight excluding hydrogens is 252 g/mol. The third kappa shape index (κ3) is 3.17. The summed E-state index contributed by atoms with van der Waals surface area (Å²) in [6.07, 6.45) is -0.402. The first-order chi connectivity index (χ1) is 8.48. The van der Waals surface area contributed by atoms with E-state index in [2.05, 4.69) is 0 Å². The van der Waals surface area contributed by atoms with Gasteiger partial charge in [0, 0.05) is 4.90 Å². The Bertz CT molecular complexity index is 433. The van der Waals surface area contributed by atoms with Gasteiger partial charge in [-0.15, -0.1) is 0 Å². The van der Waals surface area contributed by atoms with Gasteiger partial charge in [-0.2, -0.15) is 0 Å². The van der Waals surface area contributed by atoms with Crippen LogP contribution in [0.25, 0.3) is 0 Å². The molecule has 0 amide bonds. The second-order valence-electron chi connectivity index (χ2n) is 4.74. The van der Waals surface area contributed by atoms with Gasteiger partial charge in [-0.05, 0) is 25.5 Å². The predicted octanol–water partition coefficient (Wildman–Crippen LogP) is 1.39. The van der Waals surface area contributed by atoms with E-state index in [0.29, 0.717) is 29.4 Å². The lowest BCUT2D eigenvalue weighted by atomic mass is 9.99. The van der Waals surface area contributed by atoms with Gasteiger partial charge in [-0.1, -0.05) is 18.2 Å². The predicted molar refractivity (Wildman–Crippen MR) is 68.7 cm³/mol. The SMILES string of the molecule is CC(C)(O)c1ccccc1S(=O)CC1OCCO1. The van der Waals surface area contributed by atoms with Crippen LogP contribution in [0.4, 0.5) is 0 Å². The maximum Gasteiger partial charge on any atom is 0.169 e. The third-order valence-corrected chi connectivity index (χ3v) is 4.19. The second-order valence-corrected chi connectivity index (χ2v) is 6.20. The Morgan fingerprint density at radius 1 is 1.33 bits per heavy atom. The van der Waals surface area contributed by atoms with Crippen LogP contribution in [-0.4, -0.2) is 34.6 Å². The van der Waals surface area contributed by atoms with Crippen LogP contribution < -0.4 is 0 Å². The fourth-order valence-corrected chi connectivity index (χ4v) is 3.30. The lowest BCUT2D eigenvalue weighted by molar-refractivity contribution is -0.0221. The van der Waals surface area contributed by atoms with Crippen molar-refractivity contribution in [3.63, 3.8) is 0 Å². The Hall–Kier alpha value is -0.750. The van der Waals surface area contributed by atoms with Gasteiger partial charge in [0.25, 0.3) is 0 Å². The molecule has 1 fully saturated rings. The van der Waals surface area contributed by atoms with E-state index in [-0.39, 0.29) is 0 Å². The lowest BCUT2D eigenvalue weighted by Crippen LogP contribution is -2.22. The number of ether oxygens (including phenoxy) is 2. The van der Waals surface area contributed by atoms with Crippen LogP contribution in [0.5, 0.6) is 0 Å². The molecule has 0 bridgehead atoms. The molecule has 1 aromatic rings. The quantitative estimate of drug-likeness (QED) is 0.898. The Kier molecular flexibility index (Phi) is 4.17. The summed E-state index contributed by atoms with van der Waals surface area (Å²) in [5, 5.41) is 10.1. The molecule has 0 radical (unpaired) electrons. The first kappa shape index (κ1) is 13.7. The maximum atomic E-state index is 12.3. The van der Waals surface area contributed by atoms with Crippen LogP contribution in [0.1, 0.15) is 19.4 Å². The number of benzene rings is 1. The molecule has 1 heterocycles. The van der Waals surface area contributed by atoms with Crippen LogP contribution in [0.2, 0.25) is 0 Å². The zero-order valence-corrected chi connectivity index (χ0v) is 11.4. The van der Waals surface area contributed by atoms with Gasteiger partial charge in [0.1, 0.15) is 0 Å². The molecule has 4 nitrogen and oxygen atoms in total. The Morgan fingerprint density at radius 2 is 1.94 bits per heavy atom. The summed E-state index contributed by atoms with van der Waals surface area (Å²) >= 11 is 0. The molecule has 18 heavy (non-hydrogen) atoms. The van der Waals surface area contributed by atoms with Crippen LogP contribution in [0.15, 0.2) is 29.2 Å². The molecule has 0 aromatic heterocycles. The van der Waals surface area contributed by atoms with Crippen molar-refractivity contribution in [1.29, 1.82) is 0 Å². The molecule has 1 aromatic carbocycles. The lowest BCUT2D eigenvalue weighted by Gasteiger charge is -2.21. The topological polar surface area (TPSA) is 55.8 Å².